The molecule has 0 unspecified atom stereocenters. The molecule has 2 aromatic carbocycles. The summed E-state index contributed by atoms with van der Waals surface area (Å²) in [4.78, 5) is 24.2. The third kappa shape index (κ3) is 3.47. The summed E-state index contributed by atoms with van der Waals surface area (Å²) < 4.78 is 5.30. The highest BCUT2D eigenvalue weighted by Gasteiger charge is 2.28. The van der Waals surface area contributed by atoms with Gasteiger partial charge in [-0.25, -0.2) is 4.79 Å². The zero-order valence-corrected chi connectivity index (χ0v) is 15.0. The number of fused-ring (bicyclic) bond motifs is 1. The first-order valence-electron chi connectivity index (χ1n) is 8.34. The van der Waals surface area contributed by atoms with Gasteiger partial charge in [0.15, 0.2) is 5.78 Å². The Balaban J connectivity index is 2.08. The molecule has 0 saturated carbocycles. The van der Waals surface area contributed by atoms with E-state index in [0.717, 1.165) is 17.5 Å². The summed E-state index contributed by atoms with van der Waals surface area (Å²) in [6, 6.07) is 12.0. The lowest BCUT2D eigenvalue weighted by molar-refractivity contribution is 0.0693. The van der Waals surface area contributed by atoms with E-state index in [1.165, 1.54) is 18.2 Å². The molecule has 0 bridgehead atoms. The van der Waals surface area contributed by atoms with E-state index in [9.17, 15) is 14.7 Å². The van der Waals surface area contributed by atoms with Crippen molar-refractivity contribution in [3.63, 3.8) is 0 Å². The third-order valence-corrected chi connectivity index (χ3v) is 4.41. The van der Waals surface area contributed by atoms with Gasteiger partial charge in [-0.05, 0) is 44.0 Å². The average Bonchev–Trinajstić information content (AvgIpc) is 2.60. The smallest absolute Gasteiger partial charge is 0.336 e. The maximum atomic E-state index is 12.8. The second kappa shape index (κ2) is 6.67. The molecule has 0 atom stereocenters. The van der Waals surface area contributed by atoms with Crippen molar-refractivity contribution in [1.29, 1.82) is 0 Å². The van der Waals surface area contributed by atoms with Crippen molar-refractivity contribution in [2.75, 3.05) is 7.11 Å². The molecule has 0 spiro atoms. The number of benzene rings is 2. The molecule has 1 aliphatic heterocycles. The van der Waals surface area contributed by atoms with Crippen LogP contribution < -0.4 is 10.1 Å². The Morgan fingerprint density at radius 1 is 1.15 bits per heavy atom. The zero-order valence-electron chi connectivity index (χ0n) is 15.0. The Morgan fingerprint density at radius 2 is 1.85 bits per heavy atom. The fraction of sp³-hybridized carbons (Fsp3) is 0.238. The zero-order chi connectivity index (χ0) is 18.9. The molecular formula is C21H21NO4. The minimum Gasteiger partial charge on any atom is -0.497 e. The van der Waals surface area contributed by atoms with Crippen LogP contribution in [0.1, 0.15) is 45.7 Å². The van der Waals surface area contributed by atoms with Gasteiger partial charge in [0.2, 0.25) is 0 Å². The van der Waals surface area contributed by atoms with Crippen molar-refractivity contribution in [3.8, 4) is 5.75 Å². The predicted molar refractivity (Wildman–Crippen MR) is 99.6 cm³/mol. The van der Waals surface area contributed by atoms with E-state index in [0.29, 0.717) is 11.4 Å². The normalized spacial score (nSPS) is 16.5. The first-order valence-corrected chi connectivity index (χ1v) is 8.34. The summed E-state index contributed by atoms with van der Waals surface area (Å²) in [6.07, 6.45) is 2.28. The molecule has 1 heterocycles. The van der Waals surface area contributed by atoms with Crippen LogP contribution in [-0.4, -0.2) is 29.5 Å². The van der Waals surface area contributed by atoms with Crippen LogP contribution in [0.2, 0.25) is 0 Å². The summed E-state index contributed by atoms with van der Waals surface area (Å²) in [6.45, 7) is 4.12. The van der Waals surface area contributed by atoms with Crippen molar-refractivity contribution in [3.05, 3.63) is 70.8 Å². The van der Waals surface area contributed by atoms with E-state index < -0.39 is 5.97 Å². The van der Waals surface area contributed by atoms with E-state index in [4.69, 9.17) is 4.74 Å². The molecular weight excluding hydrogens is 330 g/mol. The Labute approximate surface area is 152 Å². The Hall–Kier alpha value is -3.08. The molecule has 0 fully saturated rings. The second-order valence-corrected chi connectivity index (χ2v) is 6.98. The molecule has 0 amide bonds. The summed E-state index contributed by atoms with van der Waals surface area (Å²) in [5.41, 5.74) is 2.61. The number of hydrogen-bond donors (Lipinski definition) is 2. The fourth-order valence-corrected chi connectivity index (χ4v) is 3.25. The van der Waals surface area contributed by atoms with Crippen molar-refractivity contribution >= 4 is 17.4 Å². The standard InChI is InChI=1S/C21H21NO4/c1-21(2)12-13-8-9-14(26-3)10-17(13)18(22-21)11-19(23)15-6-4-5-7-16(15)20(24)25/h4-11,22H,12H2,1-3H3,(H,24,25). The van der Waals surface area contributed by atoms with Gasteiger partial charge in [-0.1, -0.05) is 24.3 Å². The first-order chi connectivity index (χ1) is 12.3. The number of ketones is 1. The van der Waals surface area contributed by atoms with Gasteiger partial charge in [-0.15, -0.1) is 0 Å². The summed E-state index contributed by atoms with van der Waals surface area (Å²) >= 11 is 0. The lowest BCUT2D eigenvalue weighted by Crippen LogP contribution is -2.43. The summed E-state index contributed by atoms with van der Waals surface area (Å²) in [5, 5.41) is 12.7. The molecule has 5 nitrogen and oxygen atoms in total. The van der Waals surface area contributed by atoms with Gasteiger partial charge in [-0.2, -0.15) is 0 Å². The van der Waals surface area contributed by atoms with Gasteiger partial charge in [0, 0.05) is 28.4 Å². The van der Waals surface area contributed by atoms with Crippen LogP contribution in [0.3, 0.4) is 0 Å². The predicted octanol–water partition coefficient (Wildman–Crippen LogP) is 3.54. The molecule has 0 aliphatic carbocycles. The van der Waals surface area contributed by atoms with E-state index in [1.807, 2.05) is 18.2 Å². The van der Waals surface area contributed by atoms with E-state index in [1.54, 1.807) is 19.2 Å². The number of nitrogens with one attached hydrogen (secondary N) is 1. The highest BCUT2D eigenvalue weighted by Crippen LogP contribution is 2.32. The maximum Gasteiger partial charge on any atom is 0.336 e. The van der Waals surface area contributed by atoms with Crippen molar-refractivity contribution in [2.24, 2.45) is 0 Å². The minimum absolute atomic E-state index is 0.00437. The van der Waals surface area contributed by atoms with Gasteiger partial charge >= 0.3 is 5.97 Å². The molecule has 5 heteroatoms. The van der Waals surface area contributed by atoms with Gasteiger partial charge in [0.05, 0.1) is 12.7 Å². The summed E-state index contributed by atoms with van der Waals surface area (Å²) in [7, 11) is 1.60. The van der Waals surface area contributed by atoms with Crippen LogP contribution in [-0.2, 0) is 6.42 Å². The number of rotatable bonds is 4. The lowest BCUT2D eigenvalue weighted by atomic mass is 9.85. The number of ether oxygens (including phenoxy) is 1. The number of allylic oxidation sites excluding steroid dienone is 1. The average molecular weight is 351 g/mol. The monoisotopic (exact) mass is 351 g/mol. The van der Waals surface area contributed by atoms with Crippen LogP contribution in [0.25, 0.3) is 5.70 Å². The maximum absolute atomic E-state index is 12.8. The van der Waals surface area contributed by atoms with Crippen LogP contribution in [0.4, 0.5) is 0 Å². The number of hydrogen-bond acceptors (Lipinski definition) is 4. The minimum atomic E-state index is -1.12. The molecule has 134 valence electrons. The number of carboxylic acid groups (broad SMARTS) is 1. The molecule has 2 aromatic rings. The Bertz CT molecular complexity index is 912. The van der Waals surface area contributed by atoms with Crippen molar-refractivity contribution in [2.45, 2.75) is 25.8 Å². The first kappa shape index (κ1) is 17.7. The fourth-order valence-electron chi connectivity index (χ4n) is 3.25. The second-order valence-electron chi connectivity index (χ2n) is 6.98. The molecule has 2 N–H and O–H groups in total. The lowest BCUT2D eigenvalue weighted by Gasteiger charge is -2.35. The number of aromatic carboxylic acids is 1. The molecule has 3 rings (SSSR count). The highest BCUT2D eigenvalue weighted by molar-refractivity contribution is 6.13. The molecule has 1 aliphatic rings. The number of carboxylic acids is 1. The summed E-state index contributed by atoms with van der Waals surface area (Å²) in [5.74, 6) is -0.766. The quantitative estimate of drug-likeness (QED) is 0.651. The van der Waals surface area contributed by atoms with Gasteiger partial charge in [0.1, 0.15) is 5.75 Å². The van der Waals surface area contributed by atoms with E-state index >= 15 is 0 Å². The van der Waals surface area contributed by atoms with Crippen molar-refractivity contribution in [1.82, 2.24) is 5.32 Å². The largest absolute Gasteiger partial charge is 0.497 e. The van der Waals surface area contributed by atoms with Crippen LogP contribution in [0, 0.1) is 0 Å². The molecule has 26 heavy (non-hydrogen) atoms. The Morgan fingerprint density at radius 3 is 2.50 bits per heavy atom. The topological polar surface area (TPSA) is 75.6 Å². The van der Waals surface area contributed by atoms with E-state index in [-0.39, 0.29) is 22.4 Å². The van der Waals surface area contributed by atoms with Gasteiger partial charge in [0.25, 0.3) is 0 Å². The van der Waals surface area contributed by atoms with Crippen molar-refractivity contribution < 1.29 is 19.4 Å². The number of carbonyl (C=O) groups is 2. The van der Waals surface area contributed by atoms with Crippen LogP contribution in [0.15, 0.2) is 48.5 Å². The van der Waals surface area contributed by atoms with E-state index in [2.05, 4.69) is 19.2 Å². The van der Waals surface area contributed by atoms with Crippen LogP contribution in [0.5, 0.6) is 5.75 Å². The SMILES string of the molecule is COc1ccc2c(c1)C(=CC(=O)c1ccccc1C(=O)O)NC(C)(C)C2. The molecule has 0 aromatic heterocycles. The van der Waals surface area contributed by atoms with Gasteiger partial charge < -0.3 is 15.2 Å². The third-order valence-electron chi connectivity index (χ3n) is 4.41. The number of methoxy groups -OCH3 is 1. The molecule has 0 radical (unpaired) electrons. The molecule has 0 saturated heterocycles. The number of carbonyl (C=O) groups excluding carboxylic acids is 1. The Kier molecular flexibility index (Phi) is 4.55. The van der Waals surface area contributed by atoms with Gasteiger partial charge in [-0.3, -0.25) is 4.79 Å². The highest BCUT2D eigenvalue weighted by atomic mass is 16.5. The van der Waals surface area contributed by atoms with Crippen LogP contribution >= 0.6 is 0 Å².